The summed E-state index contributed by atoms with van der Waals surface area (Å²) in [5, 5.41) is 10.8. The Morgan fingerprint density at radius 3 is 2.81 bits per heavy atom. The molecular formula is C11H15N7OS2. The van der Waals surface area contributed by atoms with Gasteiger partial charge in [-0.2, -0.15) is 0 Å². The lowest BCUT2D eigenvalue weighted by Gasteiger charge is -2.08. The van der Waals surface area contributed by atoms with Crippen molar-refractivity contribution in [3.8, 4) is 0 Å². The molecule has 1 aromatic carbocycles. The second kappa shape index (κ2) is 7.20. The zero-order valence-electron chi connectivity index (χ0n) is 11.2. The molecule has 21 heavy (non-hydrogen) atoms. The van der Waals surface area contributed by atoms with E-state index in [0.29, 0.717) is 5.16 Å². The molecule has 0 saturated carbocycles. The van der Waals surface area contributed by atoms with Crippen LogP contribution in [0.5, 0.6) is 0 Å². The fraction of sp³-hybridized carbons (Fsp3) is 0.182. The maximum absolute atomic E-state index is 12.0. The van der Waals surface area contributed by atoms with Crippen molar-refractivity contribution in [2.75, 3.05) is 28.6 Å². The molecule has 8 nitrogen and oxygen atoms in total. The van der Waals surface area contributed by atoms with Crippen LogP contribution in [-0.4, -0.2) is 32.8 Å². The SMILES string of the molecule is CSc1ccccc1NC(=O)CSc1nnc(NN)n1N. The van der Waals surface area contributed by atoms with Gasteiger partial charge >= 0.3 is 0 Å². The Kier molecular flexibility index (Phi) is 5.31. The van der Waals surface area contributed by atoms with Crippen molar-refractivity contribution in [1.82, 2.24) is 14.9 Å². The van der Waals surface area contributed by atoms with Crippen LogP contribution in [0.2, 0.25) is 0 Å². The van der Waals surface area contributed by atoms with E-state index in [2.05, 4.69) is 20.9 Å². The first-order valence-electron chi connectivity index (χ1n) is 5.88. The number of hydrogen-bond donors (Lipinski definition) is 4. The molecule has 10 heteroatoms. The summed E-state index contributed by atoms with van der Waals surface area (Å²) in [4.78, 5) is 13.0. The van der Waals surface area contributed by atoms with Crippen molar-refractivity contribution in [3.63, 3.8) is 0 Å². The number of rotatable bonds is 6. The summed E-state index contributed by atoms with van der Waals surface area (Å²) < 4.78 is 1.19. The molecule has 0 saturated heterocycles. The summed E-state index contributed by atoms with van der Waals surface area (Å²) in [7, 11) is 0. The summed E-state index contributed by atoms with van der Waals surface area (Å²) in [6, 6.07) is 7.60. The number of hydrazine groups is 1. The van der Waals surface area contributed by atoms with Crippen LogP contribution in [0, 0.1) is 0 Å². The van der Waals surface area contributed by atoms with Gasteiger partial charge in [0, 0.05) is 4.90 Å². The van der Waals surface area contributed by atoms with Gasteiger partial charge < -0.3 is 11.2 Å². The van der Waals surface area contributed by atoms with Crippen molar-refractivity contribution in [2.45, 2.75) is 10.1 Å². The Bertz CT molecular complexity index is 631. The van der Waals surface area contributed by atoms with Crippen LogP contribution in [0.1, 0.15) is 0 Å². The summed E-state index contributed by atoms with van der Waals surface area (Å²) in [6.07, 6.45) is 1.96. The molecule has 2 rings (SSSR count). The van der Waals surface area contributed by atoms with Gasteiger partial charge in [-0.15, -0.1) is 22.0 Å². The zero-order chi connectivity index (χ0) is 15.2. The Balaban J connectivity index is 1.94. The second-order valence-electron chi connectivity index (χ2n) is 3.86. The van der Waals surface area contributed by atoms with E-state index in [4.69, 9.17) is 11.7 Å². The largest absolute Gasteiger partial charge is 0.334 e. The normalized spacial score (nSPS) is 10.4. The molecule has 0 aliphatic carbocycles. The fourth-order valence-electron chi connectivity index (χ4n) is 1.54. The number of para-hydroxylation sites is 1. The van der Waals surface area contributed by atoms with Crippen LogP contribution < -0.4 is 22.4 Å². The number of benzene rings is 1. The van der Waals surface area contributed by atoms with Crippen LogP contribution in [0.15, 0.2) is 34.3 Å². The van der Waals surface area contributed by atoms with Gasteiger partial charge in [-0.3, -0.25) is 10.2 Å². The van der Waals surface area contributed by atoms with Gasteiger partial charge in [0.15, 0.2) is 0 Å². The molecule has 0 aliphatic rings. The Morgan fingerprint density at radius 2 is 2.14 bits per heavy atom. The van der Waals surface area contributed by atoms with Gasteiger partial charge in [0.05, 0.1) is 11.4 Å². The lowest BCUT2D eigenvalue weighted by molar-refractivity contribution is -0.113. The smallest absolute Gasteiger partial charge is 0.258 e. The van der Waals surface area contributed by atoms with E-state index in [0.717, 1.165) is 10.6 Å². The number of thioether (sulfide) groups is 2. The molecule has 0 fully saturated rings. The molecule has 112 valence electrons. The molecular weight excluding hydrogens is 310 g/mol. The summed E-state index contributed by atoms with van der Waals surface area (Å²) in [5.41, 5.74) is 3.09. The van der Waals surface area contributed by atoms with Crippen molar-refractivity contribution in [3.05, 3.63) is 24.3 Å². The molecule has 0 aliphatic heterocycles. The minimum atomic E-state index is -0.147. The van der Waals surface area contributed by atoms with Crippen molar-refractivity contribution < 1.29 is 4.79 Å². The van der Waals surface area contributed by atoms with Gasteiger partial charge in [-0.1, -0.05) is 23.9 Å². The van der Waals surface area contributed by atoms with Gasteiger partial charge in [0.1, 0.15) is 0 Å². The number of nitrogens with zero attached hydrogens (tertiary/aromatic N) is 3. The highest BCUT2D eigenvalue weighted by Crippen LogP contribution is 2.25. The molecule has 0 atom stereocenters. The maximum Gasteiger partial charge on any atom is 0.258 e. The van der Waals surface area contributed by atoms with E-state index in [1.54, 1.807) is 11.8 Å². The third kappa shape index (κ3) is 3.80. The minimum absolute atomic E-state index is 0.147. The standard InChI is InChI=1S/C11H15N7OS2/c1-20-8-5-3-2-4-7(8)14-9(19)6-21-11-17-16-10(15-12)18(11)13/h2-5H,6,12-13H2,1H3,(H,14,19)(H,15,16). The summed E-state index contributed by atoms with van der Waals surface area (Å²) >= 11 is 2.74. The number of nitrogens with two attached hydrogens (primary N) is 2. The highest BCUT2D eigenvalue weighted by atomic mass is 32.2. The van der Waals surface area contributed by atoms with Crippen molar-refractivity contribution in [1.29, 1.82) is 0 Å². The highest BCUT2D eigenvalue weighted by Gasteiger charge is 2.12. The van der Waals surface area contributed by atoms with E-state index in [1.807, 2.05) is 30.5 Å². The second-order valence-corrected chi connectivity index (χ2v) is 5.65. The molecule has 0 bridgehead atoms. The summed E-state index contributed by atoms with van der Waals surface area (Å²) in [6.45, 7) is 0. The van der Waals surface area contributed by atoms with E-state index in [-0.39, 0.29) is 17.6 Å². The monoisotopic (exact) mass is 325 g/mol. The van der Waals surface area contributed by atoms with Crippen LogP contribution in [0.25, 0.3) is 0 Å². The zero-order valence-corrected chi connectivity index (χ0v) is 12.9. The van der Waals surface area contributed by atoms with E-state index in [9.17, 15) is 4.79 Å². The molecule has 2 aromatic rings. The number of nitrogens with one attached hydrogen (secondary N) is 2. The topological polar surface area (TPSA) is 124 Å². The highest BCUT2D eigenvalue weighted by molar-refractivity contribution is 7.99. The first-order chi connectivity index (χ1) is 10.2. The van der Waals surface area contributed by atoms with Crippen molar-refractivity contribution in [2.24, 2.45) is 5.84 Å². The van der Waals surface area contributed by atoms with Gasteiger partial charge in [0.25, 0.3) is 5.95 Å². The minimum Gasteiger partial charge on any atom is -0.334 e. The van der Waals surface area contributed by atoms with E-state index in [1.165, 1.54) is 16.4 Å². The predicted octanol–water partition coefficient (Wildman–Crippen LogP) is 0.730. The van der Waals surface area contributed by atoms with E-state index < -0.39 is 0 Å². The Morgan fingerprint density at radius 1 is 1.38 bits per heavy atom. The first-order valence-corrected chi connectivity index (χ1v) is 8.09. The number of anilines is 2. The van der Waals surface area contributed by atoms with E-state index >= 15 is 0 Å². The number of nitrogen functional groups attached to an aromatic ring is 2. The lowest BCUT2D eigenvalue weighted by Crippen LogP contribution is -2.19. The van der Waals surface area contributed by atoms with Crippen LogP contribution in [0.4, 0.5) is 11.6 Å². The van der Waals surface area contributed by atoms with Gasteiger partial charge in [-0.25, -0.2) is 10.5 Å². The van der Waals surface area contributed by atoms with Crippen LogP contribution in [-0.2, 0) is 4.79 Å². The Hall–Kier alpha value is -1.91. The number of hydrogen-bond acceptors (Lipinski definition) is 8. The summed E-state index contributed by atoms with van der Waals surface area (Å²) in [5.74, 6) is 11.2. The average Bonchev–Trinajstić information content (AvgIpc) is 2.86. The molecule has 6 N–H and O–H groups in total. The molecule has 0 spiro atoms. The molecule has 0 radical (unpaired) electrons. The molecule has 0 unspecified atom stereocenters. The number of amides is 1. The Labute approximate surface area is 130 Å². The third-order valence-corrected chi connectivity index (χ3v) is 4.25. The maximum atomic E-state index is 12.0. The van der Waals surface area contributed by atoms with Crippen LogP contribution in [0.3, 0.4) is 0 Å². The van der Waals surface area contributed by atoms with Gasteiger partial charge in [0.2, 0.25) is 11.1 Å². The van der Waals surface area contributed by atoms with Gasteiger partial charge in [-0.05, 0) is 18.4 Å². The lowest BCUT2D eigenvalue weighted by atomic mass is 10.3. The number of aromatic nitrogens is 3. The third-order valence-electron chi connectivity index (χ3n) is 2.51. The van der Waals surface area contributed by atoms with Crippen molar-refractivity contribution >= 4 is 41.1 Å². The fourth-order valence-corrected chi connectivity index (χ4v) is 2.75. The number of carbonyl (C=O) groups is 1. The number of carbonyl (C=O) groups excluding carboxylic acids is 1. The quantitative estimate of drug-likeness (QED) is 0.348. The first kappa shape index (κ1) is 15.5. The predicted molar refractivity (Wildman–Crippen MR) is 85.6 cm³/mol. The average molecular weight is 325 g/mol. The van der Waals surface area contributed by atoms with Crippen LogP contribution >= 0.6 is 23.5 Å². The molecule has 1 heterocycles. The molecule has 1 aromatic heterocycles. The molecule has 1 amide bonds.